The summed E-state index contributed by atoms with van der Waals surface area (Å²) in [5.74, 6) is 0. The minimum absolute atomic E-state index is 0.246. The monoisotopic (exact) mass is 304 g/mol. The molecule has 8 heteroatoms. The Hall–Kier alpha value is -2.64. The lowest BCUT2D eigenvalue weighted by atomic mass is 10.3. The Labute approximate surface area is 128 Å². The molecule has 0 unspecified atom stereocenters. The van der Waals surface area contributed by atoms with Crippen LogP contribution in [0.5, 0.6) is 0 Å². The molecule has 2 heterocycles. The smallest absolute Gasteiger partial charge is 0.336 e. The maximum absolute atomic E-state index is 11.7. The van der Waals surface area contributed by atoms with Gasteiger partial charge in [-0.15, -0.1) is 0 Å². The minimum atomic E-state index is -0.246. The minimum Gasteiger partial charge on any atom is -0.336 e. The zero-order chi connectivity index (χ0) is 15.9. The van der Waals surface area contributed by atoms with Gasteiger partial charge in [-0.3, -0.25) is 0 Å². The van der Waals surface area contributed by atoms with E-state index in [9.17, 15) is 9.59 Å². The number of aromatic nitrogens is 4. The van der Waals surface area contributed by atoms with Gasteiger partial charge >= 0.3 is 12.1 Å². The van der Waals surface area contributed by atoms with Gasteiger partial charge in [0, 0.05) is 25.5 Å². The first-order chi connectivity index (χ1) is 10.6. The molecule has 0 aliphatic rings. The molecule has 0 spiro atoms. The standard InChI is InChI=1S/C14H20N6O2/c1-11-5-9-19(17-11)13(21)15-7-3-4-8-16-14(22)20-10-6-12(2)18-20/h5-6,9-10H,3-4,7-8H2,1-2H3,(H,15,21)(H,16,22). The van der Waals surface area contributed by atoms with E-state index in [4.69, 9.17) is 0 Å². The van der Waals surface area contributed by atoms with Crippen LogP contribution in [0.25, 0.3) is 0 Å². The second kappa shape index (κ2) is 7.39. The molecule has 0 fully saturated rings. The van der Waals surface area contributed by atoms with Gasteiger partial charge in [-0.05, 0) is 38.8 Å². The summed E-state index contributed by atoms with van der Waals surface area (Å²) < 4.78 is 2.55. The first-order valence-corrected chi connectivity index (χ1v) is 7.17. The van der Waals surface area contributed by atoms with E-state index in [1.165, 1.54) is 9.36 Å². The number of amides is 2. The van der Waals surface area contributed by atoms with Crippen LogP contribution in [0.2, 0.25) is 0 Å². The highest BCUT2D eigenvalue weighted by Gasteiger charge is 2.05. The van der Waals surface area contributed by atoms with E-state index in [2.05, 4.69) is 20.8 Å². The largest absolute Gasteiger partial charge is 0.342 e. The molecule has 0 aromatic carbocycles. The fraction of sp³-hybridized carbons (Fsp3) is 0.429. The summed E-state index contributed by atoms with van der Waals surface area (Å²) in [7, 11) is 0. The van der Waals surface area contributed by atoms with Crippen LogP contribution in [0.3, 0.4) is 0 Å². The van der Waals surface area contributed by atoms with Crippen LogP contribution in [-0.2, 0) is 0 Å². The maximum atomic E-state index is 11.7. The normalized spacial score (nSPS) is 10.5. The van der Waals surface area contributed by atoms with Crippen LogP contribution in [0.1, 0.15) is 24.2 Å². The number of nitrogens with zero attached hydrogens (tertiary/aromatic N) is 4. The topological polar surface area (TPSA) is 93.8 Å². The van der Waals surface area contributed by atoms with Crippen molar-refractivity contribution >= 4 is 12.1 Å². The van der Waals surface area contributed by atoms with Crippen molar-refractivity contribution in [2.45, 2.75) is 26.7 Å². The molecule has 2 amide bonds. The van der Waals surface area contributed by atoms with Crippen LogP contribution >= 0.6 is 0 Å². The van der Waals surface area contributed by atoms with E-state index in [0.29, 0.717) is 13.1 Å². The van der Waals surface area contributed by atoms with Gasteiger partial charge in [0.1, 0.15) is 0 Å². The predicted octanol–water partition coefficient (Wildman–Crippen LogP) is 1.29. The van der Waals surface area contributed by atoms with Gasteiger partial charge in [0.2, 0.25) is 0 Å². The first kappa shape index (κ1) is 15.7. The molecule has 22 heavy (non-hydrogen) atoms. The molecule has 0 atom stereocenters. The molecule has 2 N–H and O–H groups in total. The molecule has 2 aromatic heterocycles. The first-order valence-electron chi connectivity index (χ1n) is 7.17. The third kappa shape index (κ3) is 4.44. The summed E-state index contributed by atoms with van der Waals surface area (Å²) >= 11 is 0. The third-order valence-corrected chi connectivity index (χ3v) is 3.02. The number of carbonyl (C=O) groups is 2. The van der Waals surface area contributed by atoms with Crippen LogP contribution in [0.4, 0.5) is 9.59 Å². The summed E-state index contributed by atoms with van der Waals surface area (Å²) in [6.07, 6.45) is 4.78. The van der Waals surface area contributed by atoms with Gasteiger partial charge in [-0.2, -0.15) is 19.6 Å². The van der Waals surface area contributed by atoms with Crippen molar-refractivity contribution in [2.75, 3.05) is 13.1 Å². The molecule has 0 aliphatic heterocycles. The molecule has 8 nitrogen and oxygen atoms in total. The molecule has 0 radical (unpaired) electrons. The third-order valence-electron chi connectivity index (χ3n) is 3.02. The molecular weight excluding hydrogens is 284 g/mol. The lowest BCUT2D eigenvalue weighted by molar-refractivity contribution is 0.237. The van der Waals surface area contributed by atoms with E-state index in [0.717, 1.165) is 24.2 Å². The average molecular weight is 304 g/mol. The molecular formula is C14H20N6O2. The second-order valence-electron chi connectivity index (χ2n) is 4.97. The van der Waals surface area contributed by atoms with E-state index >= 15 is 0 Å². The molecule has 118 valence electrons. The molecule has 2 aromatic rings. The Kier molecular flexibility index (Phi) is 5.29. The number of nitrogens with one attached hydrogen (secondary N) is 2. The molecule has 0 bridgehead atoms. The zero-order valence-electron chi connectivity index (χ0n) is 12.7. The van der Waals surface area contributed by atoms with Crippen LogP contribution in [-0.4, -0.2) is 44.7 Å². The highest BCUT2D eigenvalue weighted by molar-refractivity contribution is 5.76. The zero-order valence-corrected chi connectivity index (χ0v) is 12.7. The van der Waals surface area contributed by atoms with Crippen molar-refractivity contribution in [3.8, 4) is 0 Å². The number of hydrogen-bond donors (Lipinski definition) is 2. The van der Waals surface area contributed by atoms with Crippen molar-refractivity contribution in [3.63, 3.8) is 0 Å². The molecule has 0 saturated carbocycles. The summed E-state index contributed by atoms with van der Waals surface area (Å²) in [6, 6.07) is 3.05. The number of aryl methyl sites for hydroxylation is 2. The van der Waals surface area contributed by atoms with Crippen molar-refractivity contribution in [1.82, 2.24) is 30.2 Å². The van der Waals surface area contributed by atoms with E-state index < -0.39 is 0 Å². The van der Waals surface area contributed by atoms with Crippen LogP contribution < -0.4 is 10.6 Å². The van der Waals surface area contributed by atoms with E-state index in [-0.39, 0.29) is 12.1 Å². The summed E-state index contributed by atoms with van der Waals surface area (Å²) in [5, 5.41) is 13.6. The van der Waals surface area contributed by atoms with Crippen molar-refractivity contribution < 1.29 is 9.59 Å². The number of carbonyl (C=O) groups excluding carboxylic acids is 2. The average Bonchev–Trinajstić information content (AvgIpc) is 3.11. The van der Waals surface area contributed by atoms with Crippen molar-refractivity contribution in [1.29, 1.82) is 0 Å². The molecule has 2 rings (SSSR count). The van der Waals surface area contributed by atoms with E-state index in [1.54, 1.807) is 24.5 Å². The van der Waals surface area contributed by atoms with Crippen molar-refractivity contribution in [2.24, 2.45) is 0 Å². The fourth-order valence-corrected chi connectivity index (χ4v) is 1.86. The van der Waals surface area contributed by atoms with Gasteiger partial charge in [0.25, 0.3) is 0 Å². The number of rotatable bonds is 5. The fourth-order valence-electron chi connectivity index (χ4n) is 1.86. The lowest BCUT2D eigenvalue weighted by Crippen LogP contribution is -2.32. The SMILES string of the molecule is Cc1ccn(C(=O)NCCCCNC(=O)n2ccc(C)n2)n1. The Bertz CT molecular complexity index is 589. The van der Waals surface area contributed by atoms with Gasteiger partial charge in [0.05, 0.1) is 11.4 Å². The Morgan fingerprint density at radius 1 is 0.909 bits per heavy atom. The van der Waals surface area contributed by atoms with E-state index in [1.807, 2.05) is 13.8 Å². The van der Waals surface area contributed by atoms with Crippen LogP contribution in [0.15, 0.2) is 24.5 Å². The van der Waals surface area contributed by atoms with Gasteiger partial charge in [-0.25, -0.2) is 9.59 Å². The van der Waals surface area contributed by atoms with Gasteiger partial charge in [-0.1, -0.05) is 0 Å². The van der Waals surface area contributed by atoms with Gasteiger partial charge < -0.3 is 10.6 Å². The lowest BCUT2D eigenvalue weighted by Gasteiger charge is -2.06. The van der Waals surface area contributed by atoms with Crippen molar-refractivity contribution in [3.05, 3.63) is 35.9 Å². The van der Waals surface area contributed by atoms with Gasteiger partial charge in [0.15, 0.2) is 0 Å². The van der Waals surface area contributed by atoms with Crippen LogP contribution in [0, 0.1) is 13.8 Å². The second-order valence-corrected chi connectivity index (χ2v) is 4.97. The quantitative estimate of drug-likeness (QED) is 0.814. The summed E-state index contributed by atoms with van der Waals surface area (Å²) in [4.78, 5) is 23.4. The Morgan fingerprint density at radius 2 is 1.32 bits per heavy atom. The highest BCUT2D eigenvalue weighted by Crippen LogP contribution is 1.94. The highest BCUT2D eigenvalue weighted by atomic mass is 16.2. The molecule has 0 aliphatic carbocycles. The number of unbranched alkanes of at least 4 members (excludes halogenated alkanes) is 1. The summed E-state index contributed by atoms with van der Waals surface area (Å²) in [6.45, 7) is 4.73. The Balaban J connectivity index is 1.58. The Morgan fingerprint density at radius 3 is 1.64 bits per heavy atom. The molecule has 0 saturated heterocycles. The maximum Gasteiger partial charge on any atom is 0.342 e. The number of hydrogen-bond acceptors (Lipinski definition) is 4. The predicted molar refractivity (Wildman–Crippen MR) is 80.8 cm³/mol. The summed E-state index contributed by atoms with van der Waals surface area (Å²) in [5.41, 5.74) is 1.60.